The maximum Gasteiger partial charge on any atom is 0.333 e. The van der Waals surface area contributed by atoms with E-state index in [4.69, 9.17) is 27.9 Å². The summed E-state index contributed by atoms with van der Waals surface area (Å²) in [5.41, 5.74) is -0.358. The van der Waals surface area contributed by atoms with Crippen LogP contribution < -0.4 is 16.0 Å². The molecule has 0 aliphatic rings. The van der Waals surface area contributed by atoms with Crippen LogP contribution in [-0.2, 0) is 0 Å². The van der Waals surface area contributed by atoms with Gasteiger partial charge in [-0.15, -0.1) is 0 Å². The van der Waals surface area contributed by atoms with E-state index in [2.05, 4.69) is 4.98 Å². The fourth-order valence-electron chi connectivity index (χ4n) is 2.23. The first kappa shape index (κ1) is 14.7. The number of H-pyrrole nitrogens is 1. The van der Waals surface area contributed by atoms with Gasteiger partial charge in [0, 0.05) is 5.02 Å². The highest BCUT2D eigenvalue weighted by molar-refractivity contribution is 6.38. The number of nitrogens with zero attached hydrogens (tertiary/aromatic N) is 1. The fraction of sp³-hybridized carbons (Fsp3) is 0.0667. The first-order valence-electron chi connectivity index (χ1n) is 6.30. The van der Waals surface area contributed by atoms with E-state index >= 15 is 0 Å². The quantitative estimate of drug-likeness (QED) is 0.782. The highest BCUT2D eigenvalue weighted by Crippen LogP contribution is 2.23. The monoisotopic (exact) mass is 336 g/mol. The molecule has 0 saturated carbocycles. The Morgan fingerprint density at radius 3 is 2.41 bits per heavy atom. The molecule has 0 amide bonds. The summed E-state index contributed by atoms with van der Waals surface area (Å²) in [5.74, 6) is 0.624. The number of ether oxygens (including phenoxy) is 1. The molecule has 1 N–H and O–H groups in total. The molecule has 0 saturated heterocycles. The summed E-state index contributed by atoms with van der Waals surface area (Å²) >= 11 is 12.0. The zero-order valence-electron chi connectivity index (χ0n) is 11.4. The van der Waals surface area contributed by atoms with Crippen LogP contribution in [0.15, 0.2) is 46.0 Å². The van der Waals surface area contributed by atoms with Gasteiger partial charge in [0.25, 0.3) is 5.56 Å². The highest BCUT2D eigenvalue weighted by atomic mass is 35.5. The standard InChI is InChI=1S/C15H10Cl2N2O3/c1-22-10-4-2-9(3-5-10)19-14(20)13-11(17)6-8(16)7-12(13)18-15(19)21/h2-7H,1H3,(H,18,21). The van der Waals surface area contributed by atoms with Gasteiger partial charge >= 0.3 is 5.69 Å². The Balaban J connectivity index is 2.35. The highest BCUT2D eigenvalue weighted by Gasteiger charge is 2.13. The predicted octanol–water partition coefficient (Wildman–Crippen LogP) is 2.99. The van der Waals surface area contributed by atoms with Gasteiger partial charge in [0.2, 0.25) is 0 Å². The summed E-state index contributed by atoms with van der Waals surface area (Å²) in [6.45, 7) is 0. The molecule has 0 bridgehead atoms. The molecule has 0 radical (unpaired) electrons. The molecule has 3 rings (SSSR count). The van der Waals surface area contributed by atoms with Crippen LogP contribution in [0, 0.1) is 0 Å². The van der Waals surface area contributed by atoms with Crippen molar-refractivity contribution in [1.82, 2.24) is 9.55 Å². The summed E-state index contributed by atoms with van der Waals surface area (Å²) in [7, 11) is 1.54. The van der Waals surface area contributed by atoms with E-state index in [9.17, 15) is 9.59 Å². The van der Waals surface area contributed by atoms with Crippen LogP contribution >= 0.6 is 23.2 Å². The largest absolute Gasteiger partial charge is 0.497 e. The Morgan fingerprint density at radius 2 is 1.77 bits per heavy atom. The van der Waals surface area contributed by atoms with Gasteiger partial charge in [0.15, 0.2) is 0 Å². The molecule has 0 aliphatic carbocycles. The SMILES string of the molecule is COc1ccc(-n2c(=O)[nH]c3cc(Cl)cc(Cl)c3c2=O)cc1. The van der Waals surface area contributed by atoms with E-state index in [1.165, 1.54) is 19.2 Å². The third-order valence-electron chi connectivity index (χ3n) is 3.25. The van der Waals surface area contributed by atoms with Gasteiger partial charge in [-0.05, 0) is 36.4 Å². The van der Waals surface area contributed by atoms with Gasteiger partial charge in [-0.3, -0.25) is 4.79 Å². The average molecular weight is 337 g/mol. The third kappa shape index (κ3) is 2.38. The molecular weight excluding hydrogens is 327 g/mol. The summed E-state index contributed by atoms with van der Waals surface area (Å²) in [6.07, 6.45) is 0. The molecule has 0 spiro atoms. The van der Waals surface area contributed by atoms with Crippen LogP contribution in [0.2, 0.25) is 10.0 Å². The van der Waals surface area contributed by atoms with Crippen LogP contribution in [0.4, 0.5) is 0 Å². The lowest BCUT2D eigenvalue weighted by Gasteiger charge is -2.08. The van der Waals surface area contributed by atoms with Gasteiger partial charge < -0.3 is 9.72 Å². The van der Waals surface area contributed by atoms with Crippen molar-refractivity contribution in [3.05, 3.63) is 67.3 Å². The molecule has 1 heterocycles. The van der Waals surface area contributed by atoms with Crippen molar-refractivity contribution < 1.29 is 4.74 Å². The van der Waals surface area contributed by atoms with E-state index in [1.54, 1.807) is 24.3 Å². The smallest absolute Gasteiger partial charge is 0.333 e. The number of methoxy groups -OCH3 is 1. The minimum absolute atomic E-state index is 0.186. The number of aromatic nitrogens is 2. The second kappa shape index (κ2) is 5.51. The number of hydrogen-bond donors (Lipinski definition) is 1. The molecule has 3 aromatic rings. The topological polar surface area (TPSA) is 64.1 Å². The second-order valence-corrected chi connectivity index (χ2v) is 5.42. The van der Waals surface area contributed by atoms with Crippen molar-refractivity contribution in [1.29, 1.82) is 0 Å². The Bertz CT molecular complexity index is 975. The van der Waals surface area contributed by atoms with Crippen LogP contribution in [0.3, 0.4) is 0 Å². The number of benzene rings is 2. The number of rotatable bonds is 2. The average Bonchev–Trinajstić information content (AvgIpc) is 2.46. The number of hydrogen-bond acceptors (Lipinski definition) is 3. The number of halogens is 2. The Kier molecular flexibility index (Phi) is 3.68. The molecule has 0 unspecified atom stereocenters. The van der Waals surface area contributed by atoms with Gasteiger partial charge in [-0.2, -0.15) is 0 Å². The van der Waals surface area contributed by atoms with E-state index < -0.39 is 11.2 Å². The van der Waals surface area contributed by atoms with Crippen LogP contribution in [0.1, 0.15) is 0 Å². The minimum Gasteiger partial charge on any atom is -0.497 e. The summed E-state index contributed by atoms with van der Waals surface area (Å²) in [6, 6.07) is 9.51. The maximum atomic E-state index is 12.6. The van der Waals surface area contributed by atoms with Gasteiger partial charge in [-0.1, -0.05) is 23.2 Å². The molecule has 0 atom stereocenters. The van der Waals surface area contributed by atoms with Crippen LogP contribution in [0.25, 0.3) is 16.6 Å². The van der Waals surface area contributed by atoms with Crippen molar-refractivity contribution in [2.75, 3.05) is 7.11 Å². The van der Waals surface area contributed by atoms with E-state index in [-0.39, 0.29) is 10.4 Å². The Labute approximate surface area is 134 Å². The lowest BCUT2D eigenvalue weighted by atomic mass is 10.2. The molecule has 5 nitrogen and oxygen atoms in total. The first-order valence-corrected chi connectivity index (χ1v) is 7.05. The molecule has 112 valence electrons. The van der Waals surface area contributed by atoms with Crippen molar-refractivity contribution >= 4 is 34.1 Å². The minimum atomic E-state index is -0.569. The Morgan fingerprint density at radius 1 is 1.09 bits per heavy atom. The van der Waals surface area contributed by atoms with Crippen molar-refractivity contribution in [3.63, 3.8) is 0 Å². The van der Waals surface area contributed by atoms with Crippen LogP contribution in [-0.4, -0.2) is 16.7 Å². The molecule has 7 heteroatoms. The zero-order chi connectivity index (χ0) is 15.9. The number of aromatic amines is 1. The van der Waals surface area contributed by atoms with E-state index in [0.717, 1.165) is 4.57 Å². The molecule has 22 heavy (non-hydrogen) atoms. The number of nitrogens with one attached hydrogen (secondary N) is 1. The van der Waals surface area contributed by atoms with Crippen LogP contribution in [0.5, 0.6) is 5.75 Å². The fourth-order valence-corrected chi connectivity index (χ4v) is 2.80. The second-order valence-electron chi connectivity index (χ2n) is 4.58. The first-order chi connectivity index (χ1) is 10.5. The lowest BCUT2D eigenvalue weighted by Crippen LogP contribution is -2.33. The molecule has 0 fully saturated rings. The summed E-state index contributed by atoms with van der Waals surface area (Å²) in [4.78, 5) is 27.5. The normalized spacial score (nSPS) is 10.9. The van der Waals surface area contributed by atoms with E-state index in [0.29, 0.717) is 22.0 Å². The summed E-state index contributed by atoms with van der Waals surface area (Å²) in [5, 5.41) is 0.738. The summed E-state index contributed by atoms with van der Waals surface area (Å²) < 4.78 is 6.07. The lowest BCUT2D eigenvalue weighted by molar-refractivity contribution is 0.414. The van der Waals surface area contributed by atoms with Crippen molar-refractivity contribution in [3.8, 4) is 11.4 Å². The van der Waals surface area contributed by atoms with Crippen molar-refractivity contribution in [2.24, 2.45) is 0 Å². The van der Waals surface area contributed by atoms with Gasteiger partial charge in [0.05, 0.1) is 28.7 Å². The molecule has 1 aromatic heterocycles. The molecule has 0 aliphatic heterocycles. The molecule has 2 aromatic carbocycles. The van der Waals surface area contributed by atoms with Gasteiger partial charge in [-0.25, -0.2) is 9.36 Å². The molecular formula is C15H10Cl2N2O3. The van der Waals surface area contributed by atoms with Gasteiger partial charge in [0.1, 0.15) is 5.75 Å². The predicted molar refractivity (Wildman–Crippen MR) is 86.7 cm³/mol. The number of fused-ring (bicyclic) bond motifs is 1. The maximum absolute atomic E-state index is 12.6. The van der Waals surface area contributed by atoms with Crippen molar-refractivity contribution in [2.45, 2.75) is 0 Å². The zero-order valence-corrected chi connectivity index (χ0v) is 12.9. The third-order valence-corrected chi connectivity index (χ3v) is 3.76. The van der Waals surface area contributed by atoms with E-state index in [1.807, 2.05) is 0 Å². The Hall–Kier alpha value is -2.24.